The van der Waals surface area contributed by atoms with Gasteiger partial charge >= 0.3 is 0 Å². The first-order chi connectivity index (χ1) is 13.0. The molecule has 9 heteroatoms. The van der Waals surface area contributed by atoms with Crippen LogP contribution in [0.4, 0.5) is 14.7 Å². The summed E-state index contributed by atoms with van der Waals surface area (Å²) in [5, 5.41) is 8.92. The molecule has 4 rings (SSSR count). The number of aromatic nitrogens is 3. The van der Waals surface area contributed by atoms with Gasteiger partial charge in [0.25, 0.3) is 0 Å². The molecule has 3 heterocycles. The van der Waals surface area contributed by atoms with Gasteiger partial charge in [-0.1, -0.05) is 0 Å². The van der Waals surface area contributed by atoms with Gasteiger partial charge in [-0.15, -0.1) is 12.4 Å². The summed E-state index contributed by atoms with van der Waals surface area (Å²) in [6.45, 7) is 1.23. The van der Waals surface area contributed by atoms with Gasteiger partial charge in [0.2, 0.25) is 5.95 Å². The number of piperidine rings is 1. The highest BCUT2D eigenvalue weighted by Crippen LogP contribution is 2.27. The SMILES string of the molecule is Cl.N#Cc1ccc(Cn2c(N3CC[C@@H](F)[C@H](N)C3)nc3cc(F)ccc32)nc1. The number of hydrogen-bond donors (Lipinski definition) is 1. The van der Waals surface area contributed by atoms with Crippen molar-refractivity contribution in [3.63, 3.8) is 0 Å². The van der Waals surface area contributed by atoms with Crippen molar-refractivity contribution in [1.29, 1.82) is 5.26 Å². The third-order valence-electron chi connectivity index (χ3n) is 4.82. The van der Waals surface area contributed by atoms with E-state index in [0.717, 1.165) is 11.2 Å². The molecule has 2 atom stereocenters. The van der Waals surface area contributed by atoms with Crippen molar-refractivity contribution in [2.24, 2.45) is 5.73 Å². The summed E-state index contributed by atoms with van der Waals surface area (Å²) in [6, 6.07) is 9.36. The molecule has 1 aliphatic heterocycles. The van der Waals surface area contributed by atoms with Gasteiger partial charge in [0.1, 0.15) is 18.1 Å². The maximum Gasteiger partial charge on any atom is 0.206 e. The number of imidazole rings is 1. The predicted molar refractivity (Wildman–Crippen MR) is 105 cm³/mol. The zero-order chi connectivity index (χ0) is 19.0. The number of nitrogens with two attached hydrogens (primary N) is 1. The number of rotatable bonds is 3. The fourth-order valence-corrected chi connectivity index (χ4v) is 3.37. The van der Waals surface area contributed by atoms with E-state index in [1.54, 1.807) is 18.2 Å². The molecule has 0 aliphatic carbocycles. The van der Waals surface area contributed by atoms with Crippen LogP contribution in [0, 0.1) is 17.1 Å². The molecule has 1 aliphatic rings. The molecule has 6 nitrogen and oxygen atoms in total. The molecule has 3 aromatic rings. The number of nitriles is 1. The second-order valence-corrected chi connectivity index (χ2v) is 6.70. The summed E-state index contributed by atoms with van der Waals surface area (Å²) < 4.78 is 29.4. The van der Waals surface area contributed by atoms with E-state index < -0.39 is 12.2 Å². The largest absolute Gasteiger partial charge is 0.340 e. The predicted octanol–water partition coefficient (Wildman–Crippen LogP) is 2.79. The molecule has 0 spiro atoms. The van der Waals surface area contributed by atoms with Gasteiger partial charge in [-0.25, -0.2) is 13.8 Å². The number of fused-ring (bicyclic) bond motifs is 1. The monoisotopic (exact) mass is 404 g/mol. The van der Waals surface area contributed by atoms with Crippen LogP contribution in [0.2, 0.25) is 0 Å². The standard InChI is InChI=1S/C19H18F2N6.ClH/c20-13-2-4-18-17(7-13)25-19(26-6-5-15(21)16(23)11-26)27(18)10-14-3-1-12(8-22)9-24-14;/h1-4,7,9,15-16H,5-6,10-11,23H2;1H/t15-,16-;/m1./s1. The molecule has 1 fully saturated rings. The summed E-state index contributed by atoms with van der Waals surface area (Å²) in [6.07, 6.45) is 0.809. The van der Waals surface area contributed by atoms with E-state index >= 15 is 0 Å². The molecule has 1 aromatic carbocycles. The van der Waals surface area contributed by atoms with E-state index in [2.05, 4.69) is 9.97 Å². The Morgan fingerprint density at radius 1 is 1.29 bits per heavy atom. The fraction of sp³-hybridized carbons (Fsp3) is 0.316. The molecular formula is C19H19ClF2N6. The minimum Gasteiger partial charge on any atom is -0.340 e. The minimum absolute atomic E-state index is 0. The first-order valence-corrected chi connectivity index (χ1v) is 8.70. The minimum atomic E-state index is -1.03. The zero-order valence-corrected chi connectivity index (χ0v) is 15.7. The molecular weight excluding hydrogens is 386 g/mol. The third-order valence-corrected chi connectivity index (χ3v) is 4.82. The number of halogens is 3. The Kier molecular flexibility index (Phi) is 5.77. The first-order valence-electron chi connectivity index (χ1n) is 8.70. The summed E-state index contributed by atoms with van der Waals surface area (Å²) in [5.74, 6) is 0.249. The third kappa shape index (κ3) is 3.77. The molecule has 146 valence electrons. The van der Waals surface area contributed by atoms with Crippen molar-refractivity contribution in [2.75, 3.05) is 18.0 Å². The maximum atomic E-state index is 13.8. The molecule has 0 amide bonds. The Labute approximate surface area is 167 Å². The van der Waals surface area contributed by atoms with Crippen molar-refractivity contribution < 1.29 is 8.78 Å². The van der Waals surface area contributed by atoms with Crippen LogP contribution < -0.4 is 10.6 Å². The van der Waals surface area contributed by atoms with Crippen molar-refractivity contribution in [3.8, 4) is 6.07 Å². The van der Waals surface area contributed by atoms with E-state index in [1.807, 2.05) is 15.5 Å². The average molecular weight is 405 g/mol. The molecule has 0 unspecified atom stereocenters. The van der Waals surface area contributed by atoms with Crippen LogP contribution >= 0.6 is 12.4 Å². The highest BCUT2D eigenvalue weighted by Gasteiger charge is 2.29. The number of pyridine rings is 1. The van der Waals surface area contributed by atoms with Gasteiger partial charge in [-0.3, -0.25) is 4.98 Å². The summed E-state index contributed by atoms with van der Waals surface area (Å²) in [4.78, 5) is 10.8. The van der Waals surface area contributed by atoms with Gasteiger partial charge in [-0.2, -0.15) is 5.26 Å². The first kappa shape index (κ1) is 20.0. The Bertz CT molecular complexity index is 1010. The Hall–Kier alpha value is -2.76. The lowest BCUT2D eigenvalue weighted by molar-refractivity contribution is 0.243. The molecule has 2 N–H and O–H groups in total. The van der Waals surface area contributed by atoms with Crippen molar-refractivity contribution in [1.82, 2.24) is 14.5 Å². The van der Waals surface area contributed by atoms with Crippen LogP contribution in [0.25, 0.3) is 11.0 Å². The number of nitrogens with zero attached hydrogens (tertiary/aromatic N) is 5. The van der Waals surface area contributed by atoms with Gasteiger partial charge in [0.05, 0.1) is 34.9 Å². The van der Waals surface area contributed by atoms with Crippen LogP contribution in [-0.2, 0) is 6.54 Å². The van der Waals surface area contributed by atoms with Crippen LogP contribution in [0.5, 0.6) is 0 Å². The van der Waals surface area contributed by atoms with Crippen LogP contribution in [0.1, 0.15) is 17.7 Å². The summed E-state index contributed by atoms with van der Waals surface area (Å²) >= 11 is 0. The number of anilines is 1. The Morgan fingerprint density at radius 2 is 2.11 bits per heavy atom. The van der Waals surface area contributed by atoms with Crippen LogP contribution in [-0.4, -0.2) is 39.8 Å². The lowest BCUT2D eigenvalue weighted by Crippen LogP contribution is -2.50. The van der Waals surface area contributed by atoms with Crippen LogP contribution in [0.15, 0.2) is 36.5 Å². The number of hydrogen-bond acceptors (Lipinski definition) is 5. The Morgan fingerprint density at radius 3 is 2.79 bits per heavy atom. The molecule has 2 aromatic heterocycles. The molecule has 0 saturated carbocycles. The lowest BCUT2D eigenvalue weighted by Gasteiger charge is -2.34. The smallest absolute Gasteiger partial charge is 0.206 e. The molecule has 0 bridgehead atoms. The highest BCUT2D eigenvalue weighted by molar-refractivity contribution is 5.85. The Balaban J connectivity index is 0.00000225. The molecule has 28 heavy (non-hydrogen) atoms. The van der Waals surface area contributed by atoms with Gasteiger partial charge in [-0.05, 0) is 30.7 Å². The lowest BCUT2D eigenvalue weighted by atomic mass is 10.1. The quantitative estimate of drug-likeness (QED) is 0.725. The highest BCUT2D eigenvalue weighted by atomic mass is 35.5. The van der Waals surface area contributed by atoms with E-state index in [0.29, 0.717) is 43.1 Å². The number of alkyl halides is 1. The number of benzene rings is 1. The maximum absolute atomic E-state index is 13.8. The second-order valence-electron chi connectivity index (χ2n) is 6.70. The summed E-state index contributed by atoms with van der Waals surface area (Å²) in [7, 11) is 0. The molecule has 1 saturated heterocycles. The van der Waals surface area contributed by atoms with E-state index in [1.165, 1.54) is 18.3 Å². The second kappa shape index (κ2) is 8.09. The van der Waals surface area contributed by atoms with Crippen molar-refractivity contribution in [3.05, 3.63) is 53.6 Å². The molecule has 0 radical (unpaired) electrons. The van der Waals surface area contributed by atoms with Gasteiger partial charge in [0.15, 0.2) is 0 Å². The average Bonchev–Trinajstić information content (AvgIpc) is 3.02. The zero-order valence-electron chi connectivity index (χ0n) is 14.9. The van der Waals surface area contributed by atoms with Gasteiger partial charge in [0, 0.05) is 25.4 Å². The van der Waals surface area contributed by atoms with Gasteiger partial charge < -0.3 is 15.2 Å². The van der Waals surface area contributed by atoms with E-state index in [4.69, 9.17) is 11.0 Å². The van der Waals surface area contributed by atoms with Crippen molar-refractivity contribution in [2.45, 2.75) is 25.2 Å². The normalized spacial score (nSPS) is 19.3. The van der Waals surface area contributed by atoms with E-state index in [-0.39, 0.29) is 18.2 Å². The van der Waals surface area contributed by atoms with Crippen LogP contribution in [0.3, 0.4) is 0 Å². The topological polar surface area (TPSA) is 83.8 Å². The van der Waals surface area contributed by atoms with E-state index in [9.17, 15) is 8.78 Å². The summed E-state index contributed by atoms with van der Waals surface area (Å²) in [5.41, 5.74) is 8.40. The van der Waals surface area contributed by atoms with Crippen molar-refractivity contribution >= 4 is 29.4 Å². The fourth-order valence-electron chi connectivity index (χ4n) is 3.37.